The van der Waals surface area contributed by atoms with Crippen LogP contribution >= 0.6 is 15.9 Å². The Morgan fingerprint density at radius 3 is 2.44 bits per heavy atom. The summed E-state index contributed by atoms with van der Waals surface area (Å²) in [6.07, 6.45) is 2.25. The number of methoxy groups -OCH3 is 1. The fraction of sp³-hybridized carbons (Fsp3) is 0.600. The zero-order chi connectivity index (χ0) is 13.2. The van der Waals surface area contributed by atoms with E-state index >= 15 is 0 Å². The van der Waals surface area contributed by atoms with Crippen LogP contribution in [0, 0.1) is 6.92 Å². The van der Waals surface area contributed by atoms with Gasteiger partial charge in [0, 0.05) is 19.0 Å². The van der Waals surface area contributed by atoms with Crippen molar-refractivity contribution in [3.05, 3.63) is 35.4 Å². The summed E-state index contributed by atoms with van der Waals surface area (Å²) in [5, 5.41) is 1.01. The largest absolute Gasteiger partial charge is 0.382 e. The molecular formula is C15H23BrO2. The number of rotatable bonds is 9. The average molecular weight is 315 g/mol. The van der Waals surface area contributed by atoms with Gasteiger partial charge in [-0.25, -0.2) is 0 Å². The van der Waals surface area contributed by atoms with Gasteiger partial charge in [0.2, 0.25) is 0 Å². The van der Waals surface area contributed by atoms with Crippen LogP contribution < -0.4 is 0 Å². The van der Waals surface area contributed by atoms with E-state index in [0.717, 1.165) is 24.8 Å². The molecule has 1 aromatic rings. The van der Waals surface area contributed by atoms with Crippen molar-refractivity contribution in [2.45, 2.75) is 25.7 Å². The smallest absolute Gasteiger partial charge is 0.0700 e. The average Bonchev–Trinajstić information content (AvgIpc) is 2.39. The summed E-state index contributed by atoms with van der Waals surface area (Å²) in [5.41, 5.74) is 2.73. The first-order chi connectivity index (χ1) is 8.77. The maximum absolute atomic E-state index is 5.48. The van der Waals surface area contributed by atoms with Crippen LogP contribution in [-0.4, -0.2) is 32.3 Å². The van der Waals surface area contributed by atoms with Gasteiger partial charge in [-0.05, 0) is 31.2 Å². The molecular weight excluding hydrogens is 292 g/mol. The molecule has 0 heterocycles. The number of ether oxygens (including phenoxy) is 2. The Balaban J connectivity index is 2.27. The minimum absolute atomic E-state index is 0.580. The van der Waals surface area contributed by atoms with Gasteiger partial charge in [0.15, 0.2) is 0 Å². The Morgan fingerprint density at radius 2 is 1.83 bits per heavy atom. The second-order valence-corrected chi connectivity index (χ2v) is 5.16. The Labute approximate surface area is 119 Å². The molecule has 1 unspecified atom stereocenters. The number of halogens is 1. The lowest BCUT2D eigenvalue weighted by atomic mass is 9.96. The lowest BCUT2D eigenvalue weighted by Gasteiger charge is -2.14. The minimum Gasteiger partial charge on any atom is -0.382 e. The molecule has 0 spiro atoms. The van der Waals surface area contributed by atoms with Gasteiger partial charge in [0.1, 0.15) is 0 Å². The van der Waals surface area contributed by atoms with Crippen LogP contribution in [0.4, 0.5) is 0 Å². The maximum Gasteiger partial charge on any atom is 0.0700 e. The van der Waals surface area contributed by atoms with Crippen molar-refractivity contribution in [3.63, 3.8) is 0 Å². The summed E-state index contributed by atoms with van der Waals surface area (Å²) in [6.45, 7) is 4.31. The highest BCUT2D eigenvalue weighted by atomic mass is 79.9. The quantitative estimate of drug-likeness (QED) is 0.508. The monoisotopic (exact) mass is 314 g/mol. The molecule has 2 nitrogen and oxygen atoms in total. The lowest BCUT2D eigenvalue weighted by molar-refractivity contribution is 0.0683. The highest BCUT2D eigenvalue weighted by Crippen LogP contribution is 2.23. The summed E-state index contributed by atoms with van der Waals surface area (Å²) < 4.78 is 10.4. The van der Waals surface area contributed by atoms with E-state index in [1.54, 1.807) is 7.11 Å². The molecule has 0 bridgehead atoms. The van der Waals surface area contributed by atoms with Crippen LogP contribution in [-0.2, 0) is 9.47 Å². The molecule has 0 radical (unpaired) electrons. The van der Waals surface area contributed by atoms with E-state index in [1.807, 2.05) is 0 Å². The predicted molar refractivity (Wildman–Crippen MR) is 79.6 cm³/mol. The number of hydrogen-bond donors (Lipinski definition) is 0. The topological polar surface area (TPSA) is 18.5 Å². The van der Waals surface area contributed by atoms with Crippen molar-refractivity contribution in [3.8, 4) is 0 Å². The third-order valence-corrected chi connectivity index (χ3v) is 3.79. The minimum atomic E-state index is 0.580. The van der Waals surface area contributed by atoms with Gasteiger partial charge in [-0.2, -0.15) is 0 Å². The van der Waals surface area contributed by atoms with Crippen molar-refractivity contribution in [1.82, 2.24) is 0 Å². The van der Waals surface area contributed by atoms with E-state index in [-0.39, 0.29) is 0 Å². The molecule has 0 saturated heterocycles. The number of hydrogen-bond acceptors (Lipinski definition) is 2. The van der Waals surface area contributed by atoms with E-state index in [4.69, 9.17) is 9.47 Å². The van der Waals surface area contributed by atoms with Gasteiger partial charge in [-0.1, -0.05) is 45.8 Å². The second-order valence-electron chi connectivity index (χ2n) is 4.51. The SMILES string of the molecule is COCCOCCCC(CBr)c1ccc(C)cc1. The zero-order valence-electron chi connectivity index (χ0n) is 11.3. The fourth-order valence-corrected chi connectivity index (χ4v) is 2.55. The fourth-order valence-electron chi connectivity index (χ4n) is 1.85. The first kappa shape index (κ1) is 15.7. The van der Waals surface area contributed by atoms with Crippen molar-refractivity contribution in [2.75, 3.05) is 32.3 Å². The van der Waals surface area contributed by atoms with Gasteiger partial charge in [0.05, 0.1) is 13.2 Å². The third kappa shape index (κ3) is 5.98. The Kier molecular flexibility index (Phi) is 8.31. The van der Waals surface area contributed by atoms with E-state index in [9.17, 15) is 0 Å². The number of aryl methyl sites for hydroxylation is 1. The third-order valence-electron chi connectivity index (χ3n) is 3.01. The van der Waals surface area contributed by atoms with E-state index in [2.05, 4.69) is 47.1 Å². The molecule has 1 atom stereocenters. The molecule has 18 heavy (non-hydrogen) atoms. The van der Waals surface area contributed by atoms with E-state index < -0.39 is 0 Å². The molecule has 1 rings (SSSR count). The van der Waals surface area contributed by atoms with Crippen molar-refractivity contribution >= 4 is 15.9 Å². The summed E-state index contributed by atoms with van der Waals surface area (Å²) in [4.78, 5) is 0. The first-order valence-corrected chi connectivity index (χ1v) is 7.59. The highest BCUT2D eigenvalue weighted by molar-refractivity contribution is 9.09. The Morgan fingerprint density at radius 1 is 1.11 bits per heavy atom. The van der Waals surface area contributed by atoms with Crippen LogP contribution in [0.15, 0.2) is 24.3 Å². The Hall–Kier alpha value is -0.380. The molecule has 102 valence electrons. The molecule has 0 amide bonds. The van der Waals surface area contributed by atoms with Crippen LogP contribution in [0.3, 0.4) is 0 Å². The van der Waals surface area contributed by atoms with Crippen LogP contribution in [0.1, 0.15) is 29.9 Å². The molecule has 0 saturated carbocycles. The highest BCUT2D eigenvalue weighted by Gasteiger charge is 2.09. The molecule has 0 fully saturated rings. The summed E-state index contributed by atoms with van der Waals surface area (Å²) in [5.74, 6) is 0.580. The van der Waals surface area contributed by atoms with Crippen LogP contribution in [0.2, 0.25) is 0 Å². The molecule has 0 aromatic heterocycles. The Bertz CT molecular complexity index is 311. The van der Waals surface area contributed by atoms with Gasteiger partial charge < -0.3 is 9.47 Å². The van der Waals surface area contributed by atoms with E-state index in [1.165, 1.54) is 11.1 Å². The molecule has 3 heteroatoms. The molecule has 0 aliphatic rings. The first-order valence-electron chi connectivity index (χ1n) is 6.47. The van der Waals surface area contributed by atoms with Crippen molar-refractivity contribution < 1.29 is 9.47 Å². The summed E-state index contributed by atoms with van der Waals surface area (Å²) >= 11 is 3.60. The number of alkyl halides is 1. The normalized spacial score (nSPS) is 12.6. The summed E-state index contributed by atoms with van der Waals surface area (Å²) in [7, 11) is 1.70. The van der Waals surface area contributed by atoms with Crippen molar-refractivity contribution in [1.29, 1.82) is 0 Å². The summed E-state index contributed by atoms with van der Waals surface area (Å²) in [6, 6.07) is 8.82. The van der Waals surface area contributed by atoms with Gasteiger partial charge >= 0.3 is 0 Å². The van der Waals surface area contributed by atoms with Crippen LogP contribution in [0.25, 0.3) is 0 Å². The predicted octanol–water partition coefficient (Wildman–Crippen LogP) is 3.92. The maximum atomic E-state index is 5.48. The van der Waals surface area contributed by atoms with Gasteiger partial charge in [-0.15, -0.1) is 0 Å². The number of benzene rings is 1. The standard InChI is InChI=1S/C15H23BrO2/c1-13-5-7-14(8-6-13)15(12-16)4-3-9-18-11-10-17-2/h5-8,15H,3-4,9-12H2,1-2H3. The molecule has 0 aliphatic carbocycles. The second kappa shape index (κ2) is 9.54. The van der Waals surface area contributed by atoms with Crippen molar-refractivity contribution in [2.24, 2.45) is 0 Å². The molecule has 0 aliphatic heterocycles. The van der Waals surface area contributed by atoms with Gasteiger partial charge in [0.25, 0.3) is 0 Å². The molecule has 1 aromatic carbocycles. The molecule has 0 N–H and O–H groups in total. The van der Waals surface area contributed by atoms with Gasteiger partial charge in [-0.3, -0.25) is 0 Å². The zero-order valence-corrected chi connectivity index (χ0v) is 12.9. The van der Waals surface area contributed by atoms with Crippen LogP contribution in [0.5, 0.6) is 0 Å². The lowest BCUT2D eigenvalue weighted by Crippen LogP contribution is -2.06. The van der Waals surface area contributed by atoms with E-state index in [0.29, 0.717) is 19.1 Å².